The summed E-state index contributed by atoms with van der Waals surface area (Å²) in [4.78, 5) is 7.51. The Balaban J connectivity index is 1.09. The highest BCUT2D eigenvalue weighted by Gasteiger charge is 2.71. The highest BCUT2D eigenvalue weighted by atomic mass is 127. The zero-order valence-electron chi connectivity index (χ0n) is 22.7. The summed E-state index contributed by atoms with van der Waals surface area (Å²) in [5, 5.41) is 0. The van der Waals surface area contributed by atoms with Crippen molar-refractivity contribution >= 4 is 32.6 Å². The van der Waals surface area contributed by atoms with Crippen LogP contribution in [0.5, 0.6) is 0 Å². The van der Waals surface area contributed by atoms with Crippen molar-refractivity contribution < 1.29 is 13.2 Å². The summed E-state index contributed by atoms with van der Waals surface area (Å²) >= 11 is 2.32. The summed E-state index contributed by atoms with van der Waals surface area (Å²) < 4.78 is 37.7. The van der Waals surface area contributed by atoms with E-state index in [2.05, 4.69) is 64.2 Å². The Morgan fingerprint density at radius 1 is 0.897 bits per heavy atom. The number of nitrogens with zero attached hydrogens (tertiary/aromatic N) is 4. The van der Waals surface area contributed by atoms with Crippen molar-refractivity contribution in [3.05, 3.63) is 87.5 Å². The Labute approximate surface area is 245 Å². The average Bonchev–Trinajstić information content (AvgIpc) is 3.24. The molecule has 4 aliphatic rings. The predicted molar refractivity (Wildman–Crippen MR) is 161 cm³/mol. The van der Waals surface area contributed by atoms with Crippen LogP contribution in [0, 0.1) is 9.62 Å². The molecule has 2 bridgehead atoms. The lowest BCUT2D eigenvalue weighted by Gasteiger charge is -2.75. The number of hydrogen-bond donors (Lipinski definition) is 0. The number of ether oxygens (including phenoxy) is 1. The van der Waals surface area contributed by atoms with E-state index < -0.39 is 10.0 Å². The fraction of sp³-hybridized carbons (Fsp3) is 0.500. The molecule has 1 aromatic heterocycles. The third-order valence-electron chi connectivity index (χ3n) is 8.82. The zero-order chi connectivity index (χ0) is 27.3. The molecule has 39 heavy (non-hydrogen) atoms. The van der Waals surface area contributed by atoms with Gasteiger partial charge in [-0.15, -0.1) is 0 Å². The van der Waals surface area contributed by atoms with Gasteiger partial charge in [0.2, 0.25) is 10.0 Å². The van der Waals surface area contributed by atoms with Crippen LogP contribution in [0.15, 0.2) is 66.9 Å². The normalized spacial score (nSPS) is 26.3. The van der Waals surface area contributed by atoms with Gasteiger partial charge >= 0.3 is 0 Å². The van der Waals surface area contributed by atoms with Gasteiger partial charge in [0.25, 0.3) is 0 Å². The largest absolute Gasteiger partial charge is 0.365 e. The van der Waals surface area contributed by atoms with Crippen molar-refractivity contribution in [2.24, 2.45) is 5.92 Å². The van der Waals surface area contributed by atoms with Crippen molar-refractivity contribution in [1.82, 2.24) is 18.8 Å². The Morgan fingerprint density at radius 2 is 1.49 bits per heavy atom. The van der Waals surface area contributed by atoms with E-state index in [1.54, 1.807) is 4.31 Å². The maximum Gasteiger partial charge on any atom is 0.218 e. The van der Waals surface area contributed by atoms with Gasteiger partial charge in [-0.1, -0.05) is 74.5 Å². The van der Waals surface area contributed by atoms with Gasteiger partial charge in [-0.3, -0.25) is 4.90 Å². The van der Waals surface area contributed by atoms with E-state index in [-0.39, 0.29) is 22.9 Å². The lowest BCUT2D eigenvalue weighted by Crippen LogP contribution is -2.80. The second-order valence-corrected chi connectivity index (χ2v) is 14.9. The third kappa shape index (κ3) is 5.21. The van der Waals surface area contributed by atoms with Crippen LogP contribution in [0.2, 0.25) is 0 Å². The standard InChI is InChI=1S/C30H37IN4O3S/c1-23(2)27(38-18-24-9-5-3-6-10-24)28-32-26(31)17-35(28)30-20-29(21-30,22-30)33-13-15-34(16-14-33)39(36,37)19-25-11-7-4-8-12-25/h3-12,17,23,27H,13-16,18-22H2,1-2H3. The quantitative estimate of drug-likeness (QED) is 0.281. The van der Waals surface area contributed by atoms with Crippen molar-refractivity contribution in [3.8, 4) is 0 Å². The number of imidazole rings is 1. The van der Waals surface area contributed by atoms with Gasteiger partial charge in [0.05, 0.1) is 17.9 Å². The van der Waals surface area contributed by atoms with Crippen molar-refractivity contribution in [2.45, 2.75) is 62.7 Å². The lowest BCUT2D eigenvalue weighted by molar-refractivity contribution is -0.213. The zero-order valence-corrected chi connectivity index (χ0v) is 25.6. The maximum absolute atomic E-state index is 13.0. The van der Waals surface area contributed by atoms with Crippen LogP contribution in [0.3, 0.4) is 0 Å². The molecule has 1 atom stereocenters. The number of benzene rings is 2. The lowest BCUT2D eigenvalue weighted by atomic mass is 9.43. The summed E-state index contributed by atoms with van der Waals surface area (Å²) in [6.07, 6.45) is 5.42. The molecular weight excluding hydrogens is 623 g/mol. The van der Waals surface area contributed by atoms with Gasteiger partial charge in [-0.25, -0.2) is 13.4 Å². The number of halogens is 1. The number of rotatable bonds is 10. The van der Waals surface area contributed by atoms with E-state index in [1.165, 1.54) is 5.56 Å². The molecule has 4 fully saturated rings. The fourth-order valence-electron chi connectivity index (χ4n) is 6.86. The van der Waals surface area contributed by atoms with Crippen molar-refractivity contribution in [2.75, 3.05) is 26.2 Å². The summed E-state index contributed by atoms with van der Waals surface area (Å²) in [7, 11) is -3.30. The first kappa shape index (κ1) is 27.4. The van der Waals surface area contributed by atoms with Gasteiger partial charge in [0, 0.05) is 37.9 Å². The minimum absolute atomic E-state index is 0.0722. The fourth-order valence-corrected chi connectivity index (χ4v) is 8.90. The van der Waals surface area contributed by atoms with Crippen LogP contribution in [0.25, 0.3) is 0 Å². The third-order valence-corrected chi connectivity index (χ3v) is 11.2. The van der Waals surface area contributed by atoms with Gasteiger partial charge < -0.3 is 9.30 Å². The Kier molecular flexibility index (Phi) is 7.41. The maximum atomic E-state index is 13.0. The molecule has 1 aliphatic heterocycles. The van der Waals surface area contributed by atoms with E-state index in [0.29, 0.717) is 25.6 Å². The molecule has 208 valence electrons. The monoisotopic (exact) mass is 660 g/mol. The molecule has 2 aromatic carbocycles. The molecule has 9 heteroatoms. The van der Waals surface area contributed by atoms with Gasteiger partial charge in [0.1, 0.15) is 15.6 Å². The number of aromatic nitrogens is 2. The highest BCUT2D eigenvalue weighted by Crippen LogP contribution is 2.68. The van der Waals surface area contributed by atoms with Crippen molar-refractivity contribution in [1.29, 1.82) is 0 Å². The van der Waals surface area contributed by atoms with Gasteiger partial charge in [0.15, 0.2) is 0 Å². The van der Waals surface area contributed by atoms with Crippen LogP contribution in [-0.2, 0) is 32.7 Å². The van der Waals surface area contributed by atoms with E-state index >= 15 is 0 Å². The second-order valence-electron chi connectivity index (χ2n) is 11.9. The van der Waals surface area contributed by atoms with E-state index in [4.69, 9.17) is 9.72 Å². The summed E-state index contributed by atoms with van der Waals surface area (Å²) in [5.41, 5.74) is 2.32. The number of piperazine rings is 1. The van der Waals surface area contributed by atoms with Crippen LogP contribution >= 0.6 is 22.6 Å². The molecule has 7 nitrogen and oxygen atoms in total. The van der Waals surface area contributed by atoms with E-state index in [0.717, 1.165) is 47.4 Å². The molecule has 1 saturated heterocycles. The second kappa shape index (κ2) is 10.6. The molecule has 1 unspecified atom stereocenters. The van der Waals surface area contributed by atoms with E-state index in [9.17, 15) is 8.42 Å². The van der Waals surface area contributed by atoms with Crippen molar-refractivity contribution in [3.63, 3.8) is 0 Å². The number of sulfonamides is 1. The Hall–Kier alpha value is -1.79. The molecule has 0 radical (unpaired) electrons. The highest BCUT2D eigenvalue weighted by molar-refractivity contribution is 14.1. The summed E-state index contributed by atoms with van der Waals surface area (Å²) in [6, 6.07) is 19.8. The average molecular weight is 661 g/mol. The molecule has 0 amide bonds. The Morgan fingerprint density at radius 3 is 2.08 bits per heavy atom. The smallest absolute Gasteiger partial charge is 0.218 e. The minimum atomic E-state index is -3.30. The molecule has 0 spiro atoms. The SMILES string of the molecule is CC(C)C(OCc1ccccc1)c1nc(I)cn1C12CC(N3CCN(S(=O)(=O)Cc4ccccc4)CC3)(C1)C2. The molecule has 7 rings (SSSR count). The van der Waals surface area contributed by atoms with E-state index in [1.807, 2.05) is 48.5 Å². The minimum Gasteiger partial charge on any atom is -0.365 e. The molecule has 0 N–H and O–H groups in total. The molecule has 3 aliphatic carbocycles. The van der Waals surface area contributed by atoms with Crippen LogP contribution in [0.4, 0.5) is 0 Å². The van der Waals surface area contributed by atoms with Gasteiger partial charge in [-0.05, 0) is 58.9 Å². The molecule has 2 heterocycles. The number of hydrogen-bond acceptors (Lipinski definition) is 5. The molecule has 3 saturated carbocycles. The first-order valence-electron chi connectivity index (χ1n) is 13.9. The van der Waals surface area contributed by atoms with Crippen LogP contribution in [-0.4, -0.2) is 58.9 Å². The molecular formula is C30H37IN4O3S. The Bertz CT molecular complexity index is 1380. The topological polar surface area (TPSA) is 67.7 Å². The van der Waals surface area contributed by atoms with Gasteiger partial charge in [-0.2, -0.15) is 4.31 Å². The first-order chi connectivity index (χ1) is 18.7. The van der Waals surface area contributed by atoms with Crippen LogP contribution in [0.1, 0.15) is 56.2 Å². The predicted octanol–water partition coefficient (Wildman–Crippen LogP) is 5.18. The van der Waals surface area contributed by atoms with Crippen LogP contribution < -0.4 is 0 Å². The summed E-state index contributed by atoms with van der Waals surface area (Å²) in [5.74, 6) is 1.42. The summed E-state index contributed by atoms with van der Waals surface area (Å²) in [6.45, 7) is 7.72. The molecule has 3 aromatic rings. The first-order valence-corrected chi connectivity index (χ1v) is 16.6.